The van der Waals surface area contributed by atoms with Crippen molar-refractivity contribution in [3.63, 3.8) is 0 Å². The van der Waals surface area contributed by atoms with E-state index in [0.29, 0.717) is 6.54 Å². The minimum absolute atomic E-state index is 0.0161. The maximum absolute atomic E-state index is 12.3. The van der Waals surface area contributed by atoms with Crippen molar-refractivity contribution in [3.05, 3.63) is 12.4 Å². The largest absolute Gasteiger partial charge is 0.320 e. The fourth-order valence-corrected chi connectivity index (χ4v) is 3.07. The van der Waals surface area contributed by atoms with Gasteiger partial charge in [-0.05, 0) is 33.4 Å². The summed E-state index contributed by atoms with van der Waals surface area (Å²) in [5.41, 5.74) is 0. The van der Waals surface area contributed by atoms with Crippen LogP contribution >= 0.6 is 0 Å². The van der Waals surface area contributed by atoms with E-state index in [1.165, 1.54) is 10.5 Å². The summed E-state index contributed by atoms with van der Waals surface area (Å²) in [5.74, 6) is 0. The van der Waals surface area contributed by atoms with E-state index in [9.17, 15) is 8.42 Å². The SMILES string of the molecule is CCC(C)N(C)S(=O)(=O)c1cnn(CCCNC)c1. The molecule has 0 aliphatic rings. The molecule has 0 aromatic carbocycles. The Hall–Kier alpha value is -0.920. The summed E-state index contributed by atoms with van der Waals surface area (Å²) in [6.07, 6.45) is 4.72. The maximum atomic E-state index is 12.3. The van der Waals surface area contributed by atoms with Gasteiger partial charge < -0.3 is 5.32 Å². The second kappa shape index (κ2) is 7.02. The van der Waals surface area contributed by atoms with E-state index in [4.69, 9.17) is 0 Å². The van der Waals surface area contributed by atoms with Gasteiger partial charge in [-0.2, -0.15) is 9.40 Å². The maximum Gasteiger partial charge on any atom is 0.246 e. The molecule has 0 saturated carbocycles. The van der Waals surface area contributed by atoms with Crippen LogP contribution in [0.4, 0.5) is 0 Å². The first-order valence-electron chi connectivity index (χ1n) is 6.58. The van der Waals surface area contributed by atoms with E-state index in [1.54, 1.807) is 17.9 Å². The predicted molar refractivity (Wildman–Crippen MR) is 75.5 cm³/mol. The zero-order chi connectivity index (χ0) is 14.5. The molecule has 0 aliphatic heterocycles. The van der Waals surface area contributed by atoms with Crippen molar-refractivity contribution in [1.82, 2.24) is 19.4 Å². The van der Waals surface area contributed by atoms with Crippen LogP contribution in [0.3, 0.4) is 0 Å². The molecule has 1 unspecified atom stereocenters. The highest BCUT2D eigenvalue weighted by atomic mass is 32.2. The number of sulfonamides is 1. The summed E-state index contributed by atoms with van der Waals surface area (Å²) in [4.78, 5) is 0.264. The summed E-state index contributed by atoms with van der Waals surface area (Å²) in [5, 5.41) is 7.15. The number of hydrogen-bond acceptors (Lipinski definition) is 4. The molecule has 0 bridgehead atoms. The van der Waals surface area contributed by atoms with Crippen molar-refractivity contribution in [3.8, 4) is 0 Å². The number of nitrogens with zero attached hydrogens (tertiary/aromatic N) is 3. The molecule has 0 aliphatic carbocycles. The minimum Gasteiger partial charge on any atom is -0.320 e. The average Bonchev–Trinajstić information content (AvgIpc) is 2.86. The van der Waals surface area contributed by atoms with Crippen LogP contribution in [0.5, 0.6) is 0 Å². The van der Waals surface area contributed by atoms with Crippen LogP contribution in [0.2, 0.25) is 0 Å². The van der Waals surface area contributed by atoms with Gasteiger partial charge in [-0.3, -0.25) is 4.68 Å². The molecule has 0 radical (unpaired) electrons. The summed E-state index contributed by atoms with van der Waals surface area (Å²) in [7, 11) is 0.0762. The fourth-order valence-electron chi connectivity index (χ4n) is 1.68. The molecule has 6 nitrogen and oxygen atoms in total. The quantitative estimate of drug-likeness (QED) is 0.722. The number of aromatic nitrogens is 2. The van der Waals surface area contributed by atoms with Gasteiger partial charge >= 0.3 is 0 Å². The smallest absolute Gasteiger partial charge is 0.246 e. The Kier molecular flexibility index (Phi) is 5.96. The molecule has 1 atom stereocenters. The summed E-state index contributed by atoms with van der Waals surface area (Å²) in [6, 6.07) is -0.0161. The van der Waals surface area contributed by atoms with Crippen molar-refractivity contribution in [1.29, 1.82) is 0 Å². The fraction of sp³-hybridized carbons (Fsp3) is 0.750. The molecule has 110 valence electrons. The van der Waals surface area contributed by atoms with Gasteiger partial charge in [0.2, 0.25) is 10.0 Å². The Morgan fingerprint density at radius 1 is 1.53 bits per heavy atom. The Bertz CT molecular complexity index is 484. The average molecular weight is 288 g/mol. The molecule has 19 heavy (non-hydrogen) atoms. The van der Waals surface area contributed by atoms with Crippen LogP contribution in [0.1, 0.15) is 26.7 Å². The minimum atomic E-state index is -3.43. The number of aryl methyl sites for hydroxylation is 1. The third kappa shape index (κ3) is 4.02. The normalized spacial score (nSPS) is 13.9. The van der Waals surface area contributed by atoms with E-state index in [-0.39, 0.29) is 10.9 Å². The van der Waals surface area contributed by atoms with E-state index in [0.717, 1.165) is 19.4 Å². The molecule has 1 rings (SSSR count). The Morgan fingerprint density at radius 2 is 2.21 bits per heavy atom. The Labute approximate surface area is 115 Å². The van der Waals surface area contributed by atoms with E-state index in [1.807, 2.05) is 20.9 Å². The first-order chi connectivity index (χ1) is 8.93. The molecule has 7 heteroatoms. The summed E-state index contributed by atoms with van der Waals surface area (Å²) in [6.45, 7) is 5.46. The molecule has 0 spiro atoms. The van der Waals surface area contributed by atoms with E-state index in [2.05, 4.69) is 10.4 Å². The van der Waals surface area contributed by atoms with Gasteiger partial charge in [0.05, 0.1) is 6.20 Å². The second-order valence-corrected chi connectivity index (χ2v) is 6.67. The highest BCUT2D eigenvalue weighted by molar-refractivity contribution is 7.89. The predicted octanol–water partition coefficient (Wildman–Crippen LogP) is 0.912. The monoisotopic (exact) mass is 288 g/mol. The van der Waals surface area contributed by atoms with E-state index < -0.39 is 10.0 Å². The topological polar surface area (TPSA) is 67.2 Å². The lowest BCUT2D eigenvalue weighted by atomic mass is 10.3. The number of nitrogens with one attached hydrogen (secondary N) is 1. The van der Waals surface area contributed by atoms with Gasteiger partial charge in [0, 0.05) is 25.8 Å². The highest BCUT2D eigenvalue weighted by Crippen LogP contribution is 2.17. The molecule has 0 fully saturated rings. The van der Waals surface area contributed by atoms with Gasteiger partial charge in [-0.25, -0.2) is 8.42 Å². The first-order valence-corrected chi connectivity index (χ1v) is 8.02. The molecule has 0 saturated heterocycles. The molecule has 1 heterocycles. The standard InChI is InChI=1S/C12H24N4O2S/c1-5-11(2)15(4)19(17,18)12-9-14-16(10-12)8-6-7-13-3/h9-11,13H,5-8H2,1-4H3. The van der Waals surface area contributed by atoms with Crippen molar-refractivity contribution >= 4 is 10.0 Å². The molecule has 1 aromatic heterocycles. The molecular formula is C12H24N4O2S. The zero-order valence-electron chi connectivity index (χ0n) is 12.1. The van der Waals surface area contributed by atoms with Crippen molar-refractivity contribution in [2.75, 3.05) is 20.6 Å². The third-order valence-corrected chi connectivity index (χ3v) is 5.24. The Morgan fingerprint density at radius 3 is 2.79 bits per heavy atom. The summed E-state index contributed by atoms with van der Waals surface area (Å²) < 4.78 is 27.8. The lowest BCUT2D eigenvalue weighted by Gasteiger charge is -2.22. The van der Waals surface area contributed by atoms with Crippen LogP contribution < -0.4 is 5.32 Å². The van der Waals surface area contributed by atoms with Gasteiger partial charge in [0.1, 0.15) is 4.90 Å². The molecule has 1 aromatic rings. The second-order valence-electron chi connectivity index (χ2n) is 4.67. The molecular weight excluding hydrogens is 264 g/mol. The number of rotatable bonds is 8. The zero-order valence-corrected chi connectivity index (χ0v) is 12.9. The van der Waals surface area contributed by atoms with Gasteiger partial charge in [-0.15, -0.1) is 0 Å². The van der Waals surface area contributed by atoms with Crippen molar-refractivity contribution in [2.24, 2.45) is 0 Å². The van der Waals surface area contributed by atoms with Crippen LogP contribution in [0, 0.1) is 0 Å². The van der Waals surface area contributed by atoms with Crippen molar-refractivity contribution < 1.29 is 8.42 Å². The van der Waals surface area contributed by atoms with Gasteiger partial charge in [0.25, 0.3) is 0 Å². The van der Waals surface area contributed by atoms with E-state index >= 15 is 0 Å². The van der Waals surface area contributed by atoms with Crippen LogP contribution in [0.15, 0.2) is 17.3 Å². The van der Waals surface area contributed by atoms with Crippen LogP contribution in [-0.2, 0) is 16.6 Å². The van der Waals surface area contributed by atoms with Crippen LogP contribution in [0.25, 0.3) is 0 Å². The Balaban J connectivity index is 2.79. The lowest BCUT2D eigenvalue weighted by molar-refractivity contribution is 0.380. The molecule has 0 amide bonds. The third-order valence-electron chi connectivity index (χ3n) is 3.31. The number of hydrogen-bond donors (Lipinski definition) is 1. The highest BCUT2D eigenvalue weighted by Gasteiger charge is 2.25. The van der Waals surface area contributed by atoms with Gasteiger partial charge in [-0.1, -0.05) is 6.92 Å². The first kappa shape index (κ1) is 16.1. The van der Waals surface area contributed by atoms with Crippen molar-refractivity contribution in [2.45, 2.75) is 44.2 Å². The lowest BCUT2D eigenvalue weighted by Crippen LogP contribution is -2.34. The van der Waals surface area contributed by atoms with Gasteiger partial charge in [0.15, 0.2) is 0 Å². The summed E-state index contributed by atoms with van der Waals surface area (Å²) >= 11 is 0. The van der Waals surface area contributed by atoms with Crippen LogP contribution in [-0.4, -0.2) is 49.2 Å². The molecule has 1 N–H and O–H groups in total.